The Morgan fingerprint density at radius 2 is 0.705 bits per heavy atom. The molecule has 0 heterocycles. The fraction of sp³-hybridized carbons (Fsp3) is 0.843. The molecule has 9 fully saturated rings. The highest BCUT2D eigenvalue weighted by atomic mass is 16.6. The van der Waals surface area contributed by atoms with Crippen LogP contribution in [0.5, 0.6) is 0 Å². The van der Waals surface area contributed by atoms with Gasteiger partial charge in [-0.25, -0.2) is 0 Å². The molecule has 504 valence electrons. The van der Waals surface area contributed by atoms with E-state index in [9.17, 15) is 20.1 Å². The van der Waals surface area contributed by atoms with Crippen LogP contribution < -0.4 is 0 Å². The SMILES string of the molecule is C=CC(C)=CC[C@@H]1[C@@]2(C)CCCC(C)(C)[C@@H]2CC[C@@]1(C)O.C=CC(C)=CC[C@@H]1[C@@]2(C)CCCC(C)(C)[C@@H]2CC[C@@]1(C)OC(C)=O.CC(=CC[C@@H]1[C@@]2(C)CCCC(C)(C)[C@@H]2CC[C@@]1(C)O)C1CC1.CCC(C)=CC[C@@H]1[C@@]2(C)CCCC(C)(C)[C@@H]2CC[C@@]1(C)O. The number of aliphatic hydroxyl groups is 3. The quantitative estimate of drug-likeness (QED) is 0.0972. The highest BCUT2D eigenvalue weighted by Gasteiger charge is 2.62. The van der Waals surface area contributed by atoms with E-state index in [0.717, 1.165) is 87.9 Å². The molecule has 0 spiro atoms. The molecule has 5 heteroatoms. The number of rotatable bonds is 13. The van der Waals surface area contributed by atoms with Crippen LogP contribution >= 0.6 is 0 Å². The van der Waals surface area contributed by atoms with Gasteiger partial charge in [0.25, 0.3) is 0 Å². The molecule has 5 nitrogen and oxygen atoms in total. The number of esters is 1. The fourth-order valence-corrected chi connectivity index (χ4v) is 23.3. The average Bonchev–Trinajstić information content (AvgIpc) is 0.895. The van der Waals surface area contributed by atoms with Crippen LogP contribution in [-0.2, 0) is 9.53 Å². The topological polar surface area (TPSA) is 87.0 Å². The average molecular weight is 1220 g/mol. The third-order valence-electron chi connectivity index (χ3n) is 28.6. The van der Waals surface area contributed by atoms with Gasteiger partial charge in [0.1, 0.15) is 5.60 Å². The molecule has 9 saturated carbocycles. The van der Waals surface area contributed by atoms with E-state index in [1.807, 2.05) is 12.2 Å². The first kappa shape index (κ1) is 74.8. The molecule has 88 heavy (non-hydrogen) atoms. The molecule has 0 bridgehead atoms. The first-order chi connectivity index (χ1) is 40.5. The van der Waals surface area contributed by atoms with E-state index in [-0.39, 0.29) is 22.4 Å². The Bertz CT molecular complexity index is 2500. The molecule has 0 radical (unpaired) electrons. The maximum Gasteiger partial charge on any atom is 0.303 e. The highest BCUT2D eigenvalue weighted by Crippen LogP contribution is 2.67. The Labute approximate surface area is 544 Å². The Balaban J connectivity index is 0.000000187. The molecule has 0 saturated heterocycles. The summed E-state index contributed by atoms with van der Waals surface area (Å²) in [6.07, 6.45) is 45.6. The van der Waals surface area contributed by atoms with Gasteiger partial charge in [0.05, 0.1) is 16.8 Å². The van der Waals surface area contributed by atoms with Gasteiger partial charge in [-0.3, -0.25) is 4.79 Å². The normalized spacial score (nSPS) is 42.7. The van der Waals surface area contributed by atoms with E-state index in [1.54, 1.807) is 12.5 Å². The Kier molecular flexibility index (Phi) is 23.8. The largest absolute Gasteiger partial charge is 0.459 e. The van der Waals surface area contributed by atoms with Crippen LogP contribution in [0, 0.1) is 96.6 Å². The van der Waals surface area contributed by atoms with Crippen molar-refractivity contribution in [3.8, 4) is 0 Å². The van der Waals surface area contributed by atoms with E-state index in [4.69, 9.17) is 4.74 Å². The summed E-state index contributed by atoms with van der Waals surface area (Å²) in [5.74, 6) is 5.24. The molecular weight excluding hydrogens is 1080 g/mol. The number of ether oxygens (including phenoxy) is 1. The minimum atomic E-state index is -0.531. The van der Waals surface area contributed by atoms with Crippen molar-refractivity contribution in [2.45, 2.75) is 348 Å². The maximum absolute atomic E-state index is 11.8. The van der Waals surface area contributed by atoms with E-state index in [2.05, 4.69) is 183 Å². The number of fused-ring (bicyclic) bond motifs is 4. The molecule has 9 rings (SSSR count). The van der Waals surface area contributed by atoms with Crippen molar-refractivity contribution < 1.29 is 24.9 Å². The summed E-state index contributed by atoms with van der Waals surface area (Å²) in [4.78, 5) is 11.8. The lowest BCUT2D eigenvalue weighted by Gasteiger charge is -2.61. The van der Waals surface area contributed by atoms with E-state index in [0.29, 0.717) is 62.1 Å². The number of allylic oxidation sites excluding steroid dienone is 10. The van der Waals surface area contributed by atoms with Crippen LogP contribution in [0.25, 0.3) is 0 Å². The minimum Gasteiger partial charge on any atom is -0.459 e. The van der Waals surface area contributed by atoms with Crippen molar-refractivity contribution in [3.63, 3.8) is 0 Å². The van der Waals surface area contributed by atoms with Crippen LogP contribution in [0.2, 0.25) is 0 Å². The van der Waals surface area contributed by atoms with Crippen LogP contribution in [0.4, 0.5) is 0 Å². The van der Waals surface area contributed by atoms with Crippen molar-refractivity contribution in [3.05, 3.63) is 71.9 Å². The van der Waals surface area contributed by atoms with Gasteiger partial charge >= 0.3 is 5.97 Å². The molecule has 0 aromatic heterocycles. The van der Waals surface area contributed by atoms with E-state index in [1.165, 1.54) is 126 Å². The van der Waals surface area contributed by atoms with Crippen LogP contribution in [-0.4, -0.2) is 43.7 Å². The zero-order chi connectivity index (χ0) is 66.1. The van der Waals surface area contributed by atoms with Crippen molar-refractivity contribution in [1.29, 1.82) is 0 Å². The summed E-state index contributed by atoms with van der Waals surface area (Å²) in [6.45, 7) is 58.2. The van der Waals surface area contributed by atoms with Gasteiger partial charge in [0, 0.05) is 12.8 Å². The summed E-state index contributed by atoms with van der Waals surface area (Å²) in [5, 5.41) is 33.3. The number of carbonyl (C=O) groups excluding carboxylic acids is 1. The Hall–Kier alpha value is -2.21. The molecule has 0 aromatic rings. The molecule has 3 N–H and O–H groups in total. The van der Waals surface area contributed by atoms with E-state index < -0.39 is 16.8 Å². The fourth-order valence-electron chi connectivity index (χ4n) is 23.3. The number of hydrogen-bond acceptors (Lipinski definition) is 5. The first-order valence-electron chi connectivity index (χ1n) is 36.8. The summed E-state index contributed by atoms with van der Waals surface area (Å²) < 4.78 is 5.95. The molecule has 9 aliphatic carbocycles. The predicted molar refractivity (Wildman–Crippen MR) is 377 cm³/mol. The number of carbonyl (C=O) groups is 1. The predicted octanol–water partition coefficient (Wildman–Crippen LogP) is 23.0. The monoisotopic (exact) mass is 1220 g/mol. The van der Waals surface area contributed by atoms with Gasteiger partial charge in [-0.2, -0.15) is 0 Å². The molecular formula is C83H142O5. The molecule has 16 atom stereocenters. The lowest BCUT2D eigenvalue weighted by atomic mass is 9.45. The van der Waals surface area contributed by atoms with Crippen molar-refractivity contribution >= 4 is 5.97 Å². The van der Waals surface area contributed by atoms with Gasteiger partial charge < -0.3 is 20.1 Å². The molecule has 0 aromatic carbocycles. The van der Waals surface area contributed by atoms with Gasteiger partial charge in [0.2, 0.25) is 0 Å². The third-order valence-corrected chi connectivity index (χ3v) is 28.6. The maximum atomic E-state index is 11.8. The lowest BCUT2D eigenvalue weighted by molar-refractivity contribution is -0.197. The third kappa shape index (κ3) is 16.3. The Morgan fingerprint density at radius 1 is 0.409 bits per heavy atom. The zero-order valence-corrected chi connectivity index (χ0v) is 61.8. The summed E-state index contributed by atoms with van der Waals surface area (Å²) >= 11 is 0. The molecule has 0 amide bonds. The second kappa shape index (κ2) is 28.0. The van der Waals surface area contributed by atoms with Gasteiger partial charge in [-0.1, -0.05) is 188 Å². The molecule has 9 aliphatic rings. The van der Waals surface area contributed by atoms with Crippen molar-refractivity contribution in [2.75, 3.05) is 0 Å². The summed E-state index contributed by atoms with van der Waals surface area (Å²) in [6, 6.07) is 0. The number of hydrogen-bond donors (Lipinski definition) is 3. The van der Waals surface area contributed by atoms with Gasteiger partial charge in [-0.05, 0) is 294 Å². The van der Waals surface area contributed by atoms with Gasteiger partial charge in [-0.15, -0.1) is 0 Å². The lowest BCUT2D eigenvalue weighted by Crippen LogP contribution is -2.58. The van der Waals surface area contributed by atoms with E-state index >= 15 is 0 Å². The minimum absolute atomic E-state index is 0.149. The Morgan fingerprint density at radius 3 is 1.01 bits per heavy atom. The standard InChI is InChI=1S/C22H36O2.C21H36O.C20H36O.C20H34O/c1-8-16(2)10-11-19-21(6)14-9-13-20(4,5)18(21)12-15-22(19,7)24-17(3)23;1-15(16-8-9-16)7-10-18-20(4)13-6-12-19(2,3)17(20)11-14-21(18,5)22;2*1-7-15(2)9-10-17-19(5)13-8-12-18(3,4)16(19)11-14-20(17,6)21/h8,10,18-19H,1,9,11-15H2,2-7H3;7,16-18,22H,6,8-14H2,1-5H3;9,16-17,21H,7-8,10-14H2,1-6H3;7,9,16-17,21H,1,8,10-14H2,2-6H3/t18-,19+,21-,22+;17-,18+,20-,21+;2*16-,17+,19-,20+/m0000/s1. The summed E-state index contributed by atoms with van der Waals surface area (Å²) in [5.41, 5.74) is 6.37. The molecule has 0 aliphatic heterocycles. The van der Waals surface area contributed by atoms with Crippen LogP contribution in [0.1, 0.15) is 326 Å². The highest BCUT2D eigenvalue weighted by molar-refractivity contribution is 5.66. The van der Waals surface area contributed by atoms with Crippen LogP contribution in [0.15, 0.2) is 71.9 Å². The van der Waals surface area contributed by atoms with Crippen LogP contribution in [0.3, 0.4) is 0 Å². The van der Waals surface area contributed by atoms with Crippen molar-refractivity contribution in [2.24, 2.45) is 96.6 Å². The zero-order valence-electron chi connectivity index (χ0n) is 61.8. The second-order valence-electron chi connectivity index (χ2n) is 36.8. The van der Waals surface area contributed by atoms with Crippen molar-refractivity contribution in [1.82, 2.24) is 0 Å². The summed E-state index contributed by atoms with van der Waals surface area (Å²) in [7, 11) is 0. The molecule has 0 unspecified atom stereocenters. The van der Waals surface area contributed by atoms with Gasteiger partial charge in [0.15, 0.2) is 0 Å². The smallest absolute Gasteiger partial charge is 0.303 e. The first-order valence-corrected chi connectivity index (χ1v) is 36.8. The second-order valence-corrected chi connectivity index (χ2v) is 36.8.